The highest BCUT2D eigenvalue weighted by Crippen LogP contribution is 2.43. The van der Waals surface area contributed by atoms with Gasteiger partial charge in [0.25, 0.3) is 0 Å². The van der Waals surface area contributed by atoms with Crippen molar-refractivity contribution < 1.29 is 0 Å². The molecule has 0 N–H and O–H groups in total. The van der Waals surface area contributed by atoms with Crippen molar-refractivity contribution in [3.8, 4) is 0 Å². The predicted molar refractivity (Wildman–Crippen MR) is 90.1 cm³/mol. The lowest BCUT2D eigenvalue weighted by atomic mass is 9.68. The van der Waals surface area contributed by atoms with Crippen LogP contribution >= 0.6 is 34.8 Å². The van der Waals surface area contributed by atoms with Gasteiger partial charge < -0.3 is 0 Å². The molecule has 1 aromatic carbocycles. The topological polar surface area (TPSA) is 0 Å². The SMILES string of the molecule is CC(C)(C)C1CCC(Cl)C(Cc2cccc(Cl)c2Cl)C1. The average molecular weight is 334 g/mol. The zero-order valence-electron chi connectivity index (χ0n) is 12.4. The molecule has 0 nitrogen and oxygen atoms in total. The van der Waals surface area contributed by atoms with E-state index in [0.717, 1.165) is 24.3 Å². The molecule has 20 heavy (non-hydrogen) atoms. The standard InChI is InChI=1S/C17H23Cl3/c1-17(2,3)13-7-8-14(18)12(10-13)9-11-5-4-6-15(19)16(11)20/h4-6,12-14H,7-10H2,1-3H3. The van der Waals surface area contributed by atoms with E-state index in [2.05, 4.69) is 26.8 Å². The minimum absolute atomic E-state index is 0.253. The molecule has 3 unspecified atom stereocenters. The van der Waals surface area contributed by atoms with Crippen molar-refractivity contribution in [3.05, 3.63) is 33.8 Å². The second-order valence-corrected chi connectivity index (χ2v) is 8.41. The minimum Gasteiger partial charge on any atom is -0.123 e. The Labute approximate surface area is 137 Å². The lowest BCUT2D eigenvalue weighted by molar-refractivity contribution is 0.144. The number of hydrogen-bond acceptors (Lipinski definition) is 0. The Kier molecular flexibility index (Phi) is 5.32. The molecule has 2 rings (SSSR count). The number of hydrogen-bond donors (Lipinski definition) is 0. The Balaban J connectivity index is 2.12. The van der Waals surface area contributed by atoms with Crippen molar-refractivity contribution in [2.45, 2.75) is 51.8 Å². The maximum atomic E-state index is 6.56. The smallest absolute Gasteiger partial charge is 0.0624 e. The Bertz CT molecular complexity index is 462. The van der Waals surface area contributed by atoms with Crippen LogP contribution in [0.25, 0.3) is 0 Å². The van der Waals surface area contributed by atoms with Crippen molar-refractivity contribution in [2.24, 2.45) is 17.3 Å². The quantitative estimate of drug-likeness (QED) is 0.534. The number of alkyl halides is 1. The van der Waals surface area contributed by atoms with Gasteiger partial charge in [-0.3, -0.25) is 0 Å². The maximum Gasteiger partial charge on any atom is 0.0624 e. The summed E-state index contributed by atoms with van der Waals surface area (Å²) >= 11 is 19.0. The van der Waals surface area contributed by atoms with Crippen LogP contribution in [0.5, 0.6) is 0 Å². The van der Waals surface area contributed by atoms with Gasteiger partial charge in [-0.05, 0) is 54.6 Å². The first-order valence-corrected chi connectivity index (χ1v) is 8.55. The molecule has 0 aromatic heterocycles. The van der Waals surface area contributed by atoms with E-state index in [1.54, 1.807) is 0 Å². The summed E-state index contributed by atoms with van der Waals surface area (Å²) in [5.41, 5.74) is 1.48. The number of rotatable bonds is 2. The fourth-order valence-corrected chi connectivity index (χ4v) is 3.93. The van der Waals surface area contributed by atoms with Crippen molar-refractivity contribution in [1.82, 2.24) is 0 Å². The third-order valence-electron chi connectivity index (χ3n) is 4.63. The first-order chi connectivity index (χ1) is 9.29. The van der Waals surface area contributed by atoms with Crippen LogP contribution in [0.4, 0.5) is 0 Å². The summed E-state index contributed by atoms with van der Waals surface area (Å²) in [5, 5.41) is 1.58. The van der Waals surface area contributed by atoms with Crippen LogP contribution in [-0.4, -0.2) is 5.38 Å². The molecule has 0 radical (unpaired) electrons. The number of halogens is 3. The van der Waals surface area contributed by atoms with Gasteiger partial charge in [0.2, 0.25) is 0 Å². The van der Waals surface area contributed by atoms with Crippen LogP contribution in [0.2, 0.25) is 10.0 Å². The largest absolute Gasteiger partial charge is 0.123 e. The van der Waals surface area contributed by atoms with Crippen LogP contribution in [0.1, 0.15) is 45.6 Å². The lowest BCUT2D eigenvalue weighted by Gasteiger charge is -2.40. The molecule has 1 fully saturated rings. The van der Waals surface area contributed by atoms with E-state index < -0.39 is 0 Å². The monoisotopic (exact) mass is 332 g/mol. The summed E-state index contributed by atoms with van der Waals surface area (Å²) in [6.45, 7) is 6.99. The third-order valence-corrected chi connectivity index (χ3v) is 6.06. The van der Waals surface area contributed by atoms with Gasteiger partial charge >= 0.3 is 0 Å². The molecule has 1 aromatic rings. The minimum atomic E-state index is 0.253. The molecule has 1 aliphatic carbocycles. The third kappa shape index (κ3) is 3.84. The summed E-state index contributed by atoms with van der Waals surface area (Å²) in [5.74, 6) is 1.23. The molecule has 0 bridgehead atoms. The molecule has 112 valence electrons. The molecule has 1 aliphatic rings. The van der Waals surface area contributed by atoms with Crippen LogP contribution in [-0.2, 0) is 6.42 Å². The highest BCUT2D eigenvalue weighted by molar-refractivity contribution is 6.42. The highest BCUT2D eigenvalue weighted by Gasteiger charge is 2.35. The summed E-state index contributed by atoms with van der Waals surface area (Å²) in [4.78, 5) is 0. The molecule has 0 amide bonds. The van der Waals surface area contributed by atoms with Crippen molar-refractivity contribution >= 4 is 34.8 Å². The normalized spacial score (nSPS) is 27.6. The van der Waals surface area contributed by atoms with Gasteiger partial charge in [-0.25, -0.2) is 0 Å². The zero-order valence-corrected chi connectivity index (χ0v) is 14.7. The van der Waals surface area contributed by atoms with Gasteiger partial charge in [0.05, 0.1) is 10.0 Å². The molecule has 0 spiro atoms. The van der Waals surface area contributed by atoms with Crippen LogP contribution in [0.15, 0.2) is 18.2 Å². The number of benzene rings is 1. The van der Waals surface area contributed by atoms with Gasteiger partial charge in [-0.15, -0.1) is 11.6 Å². The Hall–Kier alpha value is 0.0900. The van der Waals surface area contributed by atoms with Gasteiger partial charge in [-0.2, -0.15) is 0 Å². The molecule has 3 atom stereocenters. The van der Waals surface area contributed by atoms with Crippen molar-refractivity contribution in [1.29, 1.82) is 0 Å². The Morgan fingerprint density at radius 2 is 1.85 bits per heavy atom. The fraction of sp³-hybridized carbons (Fsp3) is 0.647. The second kappa shape index (κ2) is 6.46. The summed E-state index contributed by atoms with van der Waals surface area (Å²) < 4.78 is 0. The van der Waals surface area contributed by atoms with Crippen molar-refractivity contribution in [2.75, 3.05) is 0 Å². The summed E-state index contributed by atoms with van der Waals surface area (Å²) in [6.07, 6.45) is 4.45. The molecular weight excluding hydrogens is 311 g/mol. The first kappa shape index (κ1) is 16.5. The van der Waals surface area contributed by atoms with E-state index in [0.29, 0.717) is 21.4 Å². The molecule has 0 heterocycles. The average Bonchev–Trinajstić information content (AvgIpc) is 2.36. The highest BCUT2D eigenvalue weighted by atomic mass is 35.5. The Morgan fingerprint density at radius 1 is 1.15 bits per heavy atom. The maximum absolute atomic E-state index is 6.56. The van der Waals surface area contributed by atoms with Gasteiger partial charge in [0.1, 0.15) is 0 Å². The summed E-state index contributed by atoms with van der Waals surface area (Å²) in [7, 11) is 0. The Morgan fingerprint density at radius 3 is 2.50 bits per heavy atom. The van der Waals surface area contributed by atoms with Crippen LogP contribution < -0.4 is 0 Å². The molecule has 3 heteroatoms. The van der Waals surface area contributed by atoms with Gasteiger partial charge in [0, 0.05) is 5.38 Å². The van der Waals surface area contributed by atoms with E-state index >= 15 is 0 Å². The first-order valence-electron chi connectivity index (χ1n) is 7.36. The van der Waals surface area contributed by atoms with Gasteiger partial charge in [0.15, 0.2) is 0 Å². The van der Waals surface area contributed by atoms with E-state index in [-0.39, 0.29) is 5.38 Å². The van der Waals surface area contributed by atoms with Crippen LogP contribution in [0.3, 0.4) is 0 Å². The molecule has 0 aliphatic heterocycles. The zero-order chi connectivity index (χ0) is 14.9. The predicted octanol–water partition coefficient (Wildman–Crippen LogP) is 6.61. The fourth-order valence-electron chi connectivity index (χ4n) is 3.21. The van der Waals surface area contributed by atoms with E-state index in [1.807, 2.05) is 12.1 Å². The van der Waals surface area contributed by atoms with E-state index in [9.17, 15) is 0 Å². The summed E-state index contributed by atoms with van der Waals surface area (Å²) in [6, 6.07) is 5.87. The molecule has 1 saturated carbocycles. The lowest BCUT2D eigenvalue weighted by Crippen LogP contribution is -2.33. The second-order valence-electron chi connectivity index (χ2n) is 7.07. The molecule has 0 saturated heterocycles. The van der Waals surface area contributed by atoms with Gasteiger partial charge in [-0.1, -0.05) is 56.1 Å². The molecular formula is C17H23Cl3. The van der Waals surface area contributed by atoms with E-state index in [1.165, 1.54) is 12.8 Å². The van der Waals surface area contributed by atoms with E-state index in [4.69, 9.17) is 34.8 Å². The van der Waals surface area contributed by atoms with Crippen LogP contribution in [0, 0.1) is 17.3 Å². The van der Waals surface area contributed by atoms with Crippen molar-refractivity contribution in [3.63, 3.8) is 0 Å².